The van der Waals surface area contributed by atoms with Gasteiger partial charge >= 0.3 is 0 Å². The van der Waals surface area contributed by atoms with Crippen LogP contribution in [-0.4, -0.2) is 27.9 Å². The van der Waals surface area contributed by atoms with Crippen molar-refractivity contribution in [3.05, 3.63) is 28.7 Å². The molecule has 0 spiro atoms. The Balaban J connectivity index is 1.93. The Kier molecular flexibility index (Phi) is 6.02. The zero-order chi connectivity index (χ0) is 16.1. The van der Waals surface area contributed by atoms with Crippen LogP contribution in [0.2, 0.25) is 0 Å². The van der Waals surface area contributed by atoms with Crippen LogP contribution in [0.15, 0.2) is 38.4 Å². The Bertz CT molecular complexity index is 645. The molecule has 0 fully saturated rings. The van der Waals surface area contributed by atoms with Crippen molar-refractivity contribution < 1.29 is 9.21 Å². The third-order valence-electron chi connectivity index (χ3n) is 3.23. The van der Waals surface area contributed by atoms with E-state index in [0.29, 0.717) is 17.0 Å². The predicted octanol–water partition coefficient (Wildman–Crippen LogP) is 3.75. The summed E-state index contributed by atoms with van der Waals surface area (Å²) >= 11 is 4.68. The first-order valence-electron chi connectivity index (χ1n) is 6.98. The molecule has 2 rings (SSSR count). The molecule has 0 aliphatic carbocycles. The van der Waals surface area contributed by atoms with Crippen molar-refractivity contribution in [2.24, 2.45) is 5.92 Å². The second kappa shape index (κ2) is 7.78. The van der Waals surface area contributed by atoms with Crippen LogP contribution in [0.5, 0.6) is 0 Å². The molecule has 1 aromatic carbocycles. The fraction of sp³-hybridized carbons (Fsp3) is 0.400. The van der Waals surface area contributed by atoms with Gasteiger partial charge < -0.3 is 9.73 Å². The van der Waals surface area contributed by atoms with Crippen molar-refractivity contribution in [3.63, 3.8) is 0 Å². The summed E-state index contributed by atoms with van der Waals surface area (Å²) in [5.74, 6) is 1.06. The summed E-state index contributed by atoms with van der Waals surface area (Å²) in [5, 5.41) is 11.3. The molecule has 0 unspecified atom stereocenters. The third kappa shape index (κ3) is 4.58. The molecule has 1 aromatic heterocycles. The summed E-state index contributed by atoms with van der Waals surface area (Å²) in [6.45, 7) is 6.13. The number of hydrogen-bond acceptors (Lipinski definition) is 5. The van der Waals surface area contributed by atoms with E-state index < -0.39 is 0 Å². The highest BCUT2D eigenvalue weighted by molar-refractivity contribution is 9.10. The molecule has 0 saturated heterocycles. The Morgan fingerprint density at radius 1 is 1.32 bits per heavy atom. The monoisotopic (exact) mass is 383 g/mol. The number of benzene rings is 1. The van der Waals surface area contributed by atoms with E-state index in [0.717, 1.165) is 10.0 Å². The minimum atomic E-state index is -0.0353. The molecule has 0 aliphatic rings. The maximum Gasteiger partial charge on any atom is 0.277 e. The van der Waals surface area contributed by atoms with Gasteiger partial charge in [0.2, 0.25) is 11.8 Å². The molecule has 22 heavy (non-hydrogen) atoms. The SMILES string of the molecule is CC(C)[C@H](C)NC(=O)CSc1nnc(-c2ccccc2Br)o1. The highest BCUT2D eigenvalue weighted by atomic mass is 79.9. The van der Waals surface area contributed by atoms with Gasteiger partial charge in [-0.3, -0.25) is 4.79 Å². The molecule has 1 atom stereocenters. The average molecular weight is 384 g/mol. The van der Waals surface area contributed by atoms with Gasteiger partial charge in [0.25, 0.3) is 5.22 Å². The van der Waals surface area contributed by atoms with Crippen molar-refractivity contribution in [2.45, 2.75) is 32.0 Å². The number of aromatic nitrogens is 2. The van der Waals surface area contributed by atoms with Crippen molar-refractivity contribution in [3.8, 4) is 11.5 Å². The van der Waals surface area contributed by atoms with Crippen molar-refractivity contribution in [1.29, 1.82) is 0 Å². The molecule has 1 amide bonds. The number of rotatable bonds is 6. The maximum atomic E-state index is 11.8. The van der Waals surface area contributed by atoms with Crippen LogP contribution in [-0.2, 0) is 4.79 Å². The molecule has 0 saturated carbocycles. The van der Waals surface area contributed by atoms with Crippen LogP contribution in [0, 0.1) is 5.92 Å². The molecule has 2 aromatic rings. The van der Waals surface area contributed by atoms with Gasteiger partial charge in [-0.05, 0) is 40.9 Å². The smallest absolute Gasteiger partial charge is 0.277 e. The van der Waals surface area contributed by atoms with Crippen LogP contribution in [0.3, 0.4) is 0 Å². The van der Waals surface area contributed by atoms with E-state index >= 15 is 0 Å². The van der Waals surface area contributed by atoms with E-state index in [4.69, 9.17) is 4.42 Å². The number of amides is 1. The standard InChI is InChI=1S/C15H18BrN3O2S/c1-9(2)10(3)17-13(20)8-22-15-19-18-14(21-15)11-6-4-5-7-12(11)16/h4-7,9-10H,8H2,1-3H3,(H,17,20)/t10-/m0/s1. The number of nitrogens with one attached hydrogen (secondary N) is 1. The highest BCUT2D eigenvalue weighted by Gasteiger charge is 2.15. The van der Waals surface area contributed by atoms with Crippen molar-refractivity contribution >= 4 is 33.6 Å². The second-order valence-corrected chi connectivity index (χ2v) is 7.02. The van der Waals surface area contributed by atoms with E-state index in [1.165, 1.54) is 11.8 Å². The van der Waals surface area contributed by atoms with Crippen molar-refractivity contribution in [2.75, 3.05) is 5.75 Å². The van der Waals surface area contributed by atoms with E-state index in [2.05, 4.69) is 45.3 Å². The van der Waals surface area contributed by atoms with Gasteiger partial charge in [-0.25, -0.2) is 0 Å². The number of carbonyl (C=O) groups excluding carboxylic acids is 1. The van der Waals surface area contributed by atoms with E-state index in [1.54, 1.807) is 0 Å². The van der Waals surface area contributed by atoms with Gasteiger partial charge in [0.15, 0.2) is 0 Å². The largest absolute Gasteiger partial charge is 0.411 e. The summed E-state index contributed by atoms with van der Waals surface area (Å²) in [6, 6.07) is 7.76. The molecule has 0 bridgehead atoms. The molecule has 118 valence electrons. The first kappa shape index (κ1) is 17.0. The molecule has 7 heteroatoms. The second-order valence-electron chi connectivity index (χ2n) is 5.24. The summed E-state index contributed by atoms with van der Waals surface area (Å²) in [6.07, 6.45) is 0. The number of halogens is 1. The Morgan fingerprint density at radius 2 is 2.05 bits per heavy atom. The zero-order valence-corrected chi connectivity index (χ0v) is 15.1. The van der Waals surface area contributed by atoms with E-state index in [9.17, 15) is 4.79 Å². The van der Waals surface area contributed by atoms with E-state index in [-0.39, 0.29) is 17.7 Å². The lowest BCUT2D eigenvalue weighted by Crippen LogP contribution is -2.37. The number of hydrogen-bond donors (Lipinski definition) is 1. The van der Waals surface area contributed by atoms with Crippen molar-refractivity contribution in [1.82, 2.24) is 15.5 Å². The lowest BCUT2D eigenvalue weighted by Gasteiger charge is -2.16. The maximum absolute atomic E-state index is 11.8. The van der Waals surface area contributed by atoms with E-state index in [1.807, 2.05) is 31.2 Å². The minimum Gasteiger partial charge on any atom is -0.411 e. The Hall–Kier alpha value is -1.34. The number of thioether (sulfide) groups is 1. The highest BCUT2D eigenvalue weighted by Crippen LogP contribution is 2.28. The van der Waals surface area contributed by atoms with Crippen LogP contribution < -0.4 is 5.32 Å². The van der Waals surface area contributed by atoms with Gasteiger partial charge in [-0.1, -0.05) is 37.7 Å². The van der Waals surface area contributed by atoms with Gasteiger partial charge in [0, 0.05) is 10.5 Å². The molecule has 1 N–H and O–H groups in total. The van der Waals surface area contributed by atoms with Gasteiger partial charge in [0.1, 0.15) is 0 Å². The lowest BCUT2D eigenvalue weighted by molar-refractivity contribution is -0.119. The summed E-state index contributed by atoms with van der Waals surface area (Å²) < 4.78 is 6.47. The van der Waals surface area contributed by atoms with Crippen LogP contribution >= 0.6 is 27.7 Å². The predicted molar refractivity (Wildman–Crippen MR) is 90.6 cm³/mol. The van der Waals surface area contributed by atoms with Crippen LogP contribution in [0.1, 0.15) is 20.8 Å². The number of carbonyl (C=O) groups is 1. The molecular formula is C15H18BrN3O2S. The average Bonchev–Trinajstić information content (AvgIpc) is 2.94. The first-order valence-corrected chi connectivity index (χ1v) is 8.75. The summed E-state index contributed by atoms with van der Waals surface area (Å²) in [5.41, 5.74) is 0.833. The third-order valence-corrected chi connectivity index (χ3v) is 4.74. The first-order chi connectivity index (χ1) is 10.5. The minimum absolute atomic E-state index is 0.0353. The Labute approximate surface area is 142 Å². The fourth-order valence-corrected chi connectivity index (χ4v) is 2.63. The molecular weight excluding hydrogens is 366 g/mol. The van der Waals surface area contributed by atoms with Gasteiger partial charge in [-0.15, -0.1) is 10.2 Å². The molecule has 0 radical (unpaired) electrons. The normalized spacial score (nSPS) is 12.4. The molecule has 0 aliphatic heterocycles. The molecule has 5 nitrogen and oxygen atoms in total. The lowest BCUT2D eigenvalue weighted by atomic mass is 10.1. The van der Waals surface area contributed by atoms with Gasteiger partial charge in [0.05, 0.1) is 11.3 Å². The molecule has 1 heterocycles. The summed E-state index contributed by atoms with van der Waals surface area (Å²) in [7, 11) is 0. The topological polar surface area (TPSA) is 68.0 Å². The van der Waals surface area contributed by atoms with Crippen LogP contribution in [0.4, 0.5) is 0 Å². The quantitative estimate of drug-likeness (QED) is 0.769. The number of nitrogens with zero attached hydrogens (tertiary/aromatic N) is 2. The summed E-state index contributed by atoms with van der Waals surface area (Å²) in [4.78, 5) is 11.8. The zero-order valence-electron chi connectivity index (χ0n) is 12.7. The van der Waals surface area contributed by atoms with Crippen LogP contribution in [0.25, 0.3) is 11.5 Å². The fourth-order valence-electron chi connectivity index (χ4n) is 1.60. The van der Waals surface area contributed by atoms with Gasteiger partial charge in [-0.2, -0.15) is 0 Å². The Morgan fingerprint density at radius 3 is 2.73 bits per heavy atom.